The molecule has 1 heterocycles. The van der Waals surface area contributed by atoms with Gasteiger partial charge in [0.05, 0.1) is 0 Å². The zero-order valence-corrected chi connectivity index (χ0v) is 14.4. The zero-order valence-electron chi connectivity index (χ0n) is 12.9. The van der Waals surface area contributed by atoms with Gasteiger partial charge in [0.15, 0.2) is 0 Å². The molecular formula is C18H13Cl2N3O2. The average molecular weight is 374 g/mol. The van der Waals surface area contributed by atoms with E-state index in [9.17, 15) is 9.59 Å². The van der Waals surface area contributed by atoms with Crippen molar-refractivity contribution in [2.24, 2.45) is 0 Å². The lowest BCUT2D eigenvalue weighted by atomic mass is 10.2. The number of aromatic amines is 1. The van der Waals surface area contributed by atoms with E-state index in [4.69, 9.17) is 23.2 Å². The van der Waals surface area contributed by atoms with E-state index in [1.807, 2.05) is 30.3 Å². The molecule has 0 atom stereocenters. The van der Waals surface area contributed by atoms with Crippen LogP contribution in [0.2, 0.25) is 10.0 Å². The predicted octanol–water partition coefficient (Wildman–Crippen LogP) is 3.67. The first kappa shape index (κ1) is 17.2. The summed E-state index contributed by atoms with van der Waals surface area (Å²) in [5, 5.41) is 3.60. The predicted molar refractivity (Wildman–Crippen MR) is 97.9 cm³/mol. The Labute approximate surface area is 153 Å². The highest BCUT2D eigenvalue weighted by Gasteiger charge is 2.13. The van der Waals surface area contributed by atoms with Gasteiger partial charge >= 0.3 is 0 Å². The third-order valence-electron chi connectivity index (χ3n) is 3.55. The molecule has 2 N–H and O–H groups in total. The molecule has 0 bridgehead atoms. The monoisotopic (exact) mass is 373 g/mol. The average Bonchev–Trinajstić information content (AvgIpc) is 2.61. The van der Waals surface area contributed by atoms with Gasteiger partial charge in [-0.15, -0.1) is 0 Å². The summed E-state index contributed by atoms with van der Waals surface area (Å²) in [4.78, 5) is 31.2. The Kier molecular flexibility index (Phi) is 5.16. The van der Waals surface area contributed by atoms with Crippen LogP contribution in [0.15, 0.2) is 59.5 Å². The molecule has 7 heteroatoms. The lowest BCUT2D eigenvalue weighted by Crippen LogP contribution is -2.29. The van der Waals surface area contributed by atoms with Crippen molar-refractivity contribution in [3.8, 4) is 11.4 Å². The molecule has 0 aliphatic rings. The highest BCUT2D eigenvalue weighted by atomic mass is 35.5. The number of carbonyl (C=O) groups is 1. The number of hydrogen-bond acceptors (Lipinski definition) is 3. The Morgan fingerprint density at radius 2 is 1.88 bits per heavy atom. The van der Waals surface area contributed by atoms with Crippen LogP contribution in [0.3, 0.4) is 0 Å². The highest BCUT2D eigenvalue weighted by molar-refractivity contribution is 6.35. The zero-order chi connectivity index (χ0) is 17.8. The first-order valence-electron chi connectivity index (χ1n) is 7.41. The molecule has 25 heavy (non-hydrogen) atoms. The van der Waals surface area contributed by atoms with Gasteiger partial charge in [-0.2, -0.15) is 0 Å². The van der Waals surface area contributed by atoms with Gasteiger partial charge in [-0.3, -0.25) is 9.59 Å². The van der Waals surface area contributed by atoms with Crippen molar-refractivity contribution in [2.45, 2.75) is 6.54 Å². The first-order chi connectivity index (χ1) is 12.0. The normalized spacial score (nSPS) is 10.5. The molecule has 3 aromatic rings. The molecule has 2 aromatic carbocycles. The second-order valence-corrected chi connectivity index (χ2v) is 6.10. The summed E-state index contributed by atoms with van der Waals surface area (Å²) < 4.78 is 0. The Hall–Kier alpha value is -2.63. The topological polar surface area (TPSA) is 74.8 Å². The number of rotatable bonds is 4. The van der Waals surface area contributed by atoms with E-state index in [1.54, 1.807) is 18.2 Å². The number of hydrogen-bond donors (Lipinski definition) is 2. The largest absolute Gasteiger partial charge is 0.348 e. The summed E-state index contributed by atoms with van der Waals surface area (Å²) in [7, 11) is 0. The van der Waals surface area contributed by atoms with Gasteiger partial charge in [-0.05, 0) is 17.7 Å². The van der Waals surface area contributed by atoms with E-state index in [2.05, 4.69) is 15.3 Å². The summed E-state index contributed by atoms with van der Waals surface area (Å²) in [5.41, 5.74) is 0.891. The van der Waals surface area contributed by atoms with Gasteiger partial charge in [0.25, 0.3) is 11.5 Å². The van der Waals surface area contributed by atoms with Gasteiger partial charge in [0.1, 0.15) is 11.4 Å². The van der Waals surface area contributed by atoms with E-state index >= 15 is 0 Å². The van der Waals surface area contributed by atoms with Crippen LogP contribution in [-0.4, -0.2) is 15.9 Å². The molecule has 0 aliphatic heterocycles. The smallest absolute Gasteiger partial charge is 0.264 e. The molecule has 0 saturated heterocycles. The number of amides is 1. The summed E-state index contributed by atoms with van der Waals surface area (Å²) in [6, 6.07) is 14.2. The van der Waals surface area contributed by atoms with E-state index in [0.29, 0.717) is 21.4 Å². The van der Waals surface area contributed by atoms with Gasteiger partial charge in [0, 0.05) is 28.4 Å². The molecule has 0 radical (unpaired) electrons. The van der Waals surface area contributed by atoms with E-state index in [1.165, 1.54) is 6.20 Å². The maximum atomic E-state index is 12.2. The van der Waals surface area contributed by atoms with Crippen molar-refractivity contribution in [3.05, 3.63) is 86.3 Å². The standard InChI is InChI=1S/C18H13Cl2N3O2/c19-13-7-6-12(15(20)8-13)9-22-17(24)14-10-21-16(23-18(14)25)11-4-2-1-3-5-11/h1-8,10H,9H2,(H,22,24)(H,21,23,25). The van der Waals surface area contributed by atoms with E-state index in [0.717, 1.165) is 5.56 Å². The number of aromatic nitrogens is 2. The maximum absolute atomic E-state index is 12.2. The van der Waals surface area contributed by atoms with Crippen LogP contribution in [-0.2, 0) is 6.54 Å². The van der Waals surface area contributed by atoms with Gasteiger partial charge in [-0.25, -0.2) is 4.98 Å². The van der Waals surface area contributed by atoms with Crippen molar-refractivity contribution in [3.63, 3.8) is 0 Å². The summed E-state index contributed by atoms with van der Waals surface area (Å²) in [5.74, 6) is -0.123. The van der Waals surface area contributed by atoms with E-state index in [-0.39, 0.29) is 12.1 Å². The van der Waals surface area contributed by atoms with Crippen molar-refractivity contribution >= 4 is 29.1 Å². The van der Waals surface area contributed by atoms with Crippen LogP contribution >= 0.6 is 23.2 Å². The van der Waals surface area contributed by atoms with Crippen LogP contribution in [0.5, 0.6) is 0 Å². The third-order valence-corrected chi connectivity index (χ3v) is 4.13. The SMILES string of the molecule is O=C(NCc1ccc(Cl)cc1Cl)c1cnc(-c2ccccc2)[nH]c1=O. The molecule has 0 aliphatic carbocycles. The number of carbonyl (C=O) groups excluding carboxylic acids is 1. The van der Waals surface area contributed by atoms with Crippen LogP contribution in [0, 0.1) is 0 Å². The molecule has 1 amide bonds. The molecule has 5 nitrogen and oxygen atoms in total. The Morgan fingerprint density at radius 3 is 2.56 bits per heavy atom. The lowest BCUT2D eigenvalue weighted by molar-refractivity contribution is 0.0949. The van der Waals surface area contributed by atoms with E-state index < -0.39 is 11.5 Å². The number of benzene rings is 2. The molecule has 0 unspecified atom stereocenters. The lowest BCUT2D eigenvalue weighted by Gasteiger charge is -2.07. The molecular weight excluding hydrogens is 361 g/mol. The molecule has 0 saturated carbocycles. The van der Waals surface area contributed by atoms with Crippen LogP contribution in [0.4, 0.5) is 0 Å². The fourth-order valence-electron chi connectivity index (χ4n) is 2.24. The quantitative estimate of drug-likeness (QED) is 0.732. The molecule has 3 rings (SSSR count). The maximum Gasteiger partial charge on any atom is 0.264 e. The molecule has 1 aromatic heterocycles. The number of nitrogens with zero attached hydrogens (tertiary/aromatic N) is 1. The first-order valence-corrected chi connectivity index (χ1v) is 8.17. The summed E-state index contributed by atoms with van der Waals surface area (Å²) in [6.45, 7) is 0.175. The molecule has 0 spiro atoms. The van der Waals surface area contributed by atoms with Crippen molar-refractivity contribution in [1.29, 1.82) is 0 Å². The number of H-pyrrole nitrogens is 1. The fraction of sp³-hybridized carbons (Fsp3) is 0.0556. The van der Waals surface area contributed by atoms with Gasteiger partial charge in [0.2, 0.25) is 0 Å². The number of halogens is 2. The van der Waals surface area contributed by atoms with Crippen molar-refractivity contribution in [2.75, 3.05) is 0 Å². The second-order valence-electron chi connectivity index (χ2n) is 5.26. The number of nitrogens with one attached hydrogen (secondary N) is 2. The summed E-state index contributed by atoms with van der Waals surface area (Å²) >= 11 is 11.9. The van der Waals surface area contributed by atoms with Crippen LogP contribution < -0.4 is 10.9 Å². The minimum absolute atomic E-state index is 0.0650. The molecule has 126 valence electrons. The fourth-order valence-corrected chi connectivity index (χ4v) is 2.71. The summed E-state index contributed by atoms with van der Waals surface area (Å²) in [6.07, 6.45) is 1.26. The third kappa shape index (κ3) is 4.07. The van der Waals surface area contributed by atoms with Crippen molar-refractivity contribution < 1.29 is 4.79 Å². The van der Waals surface area contributed by atoms with Crippen LogP contribution in [0.25, 0.3) is 11.4 Å². The molecule has 0 fully saturated rings. The minimum atomic E-state index is -0.528. The highest BCUT2D eigenvalue weighted by Crippen LogP contribution is 2.20. The van der Waals surface area contributed by atoms with Gasteiger partial charge < -0.3 is 10.3 Å². The Balaban J connectivity index is 1.75. The second kappa shape index (κ2) is 7.51. The Morgan fingerprint density at radius 1 is 1.12 bits per heavy atom. The minimum Gasteiger partial charge on any atom is -0.348 e. The van der Waals surface area contributed by atoms with Gasteiger partial charge in [-0.1, -0.05) is 59.6 Å². The Bertz CT molecular complexity index is 972. The van der Waals surface area contributed by atoms with Crippen molar-refractivity contribution in [1.82, 2.24) is 15.3 Å². The van der Waals surface area contributed by atoms with Crippen LogP contribution in [0.1, 0.15) is 15.9 Å².